The van der Waals surface area contributed by atoms with Crippen LogP contribution in [0.25, 0.3) is 11.1 Å². The monoisotopic (exact) mass is 571 g/mol. The van der Waals surface area contributed by atoms with Gasteiger partial charge in [0.15, 0.2) is 5.12 Å². The van der Waals surface area contributed by atoms with Crippen LogP contribution >= 0.6 is 11.8 Å². The number of carbonyl (C=O) groups excluding carboxylic acids is 2. The summed E-state index contributed by atoms with van der Waals surface area (Å²) in [5.74, 6) is 0.136. The lowest BCUT2D eigenvalue weighted by molar-refractivity contribution is -0.115. The average Bonchev–Trinajstić information content (AvgIpc) is 3.65. The van der Waals surface area contributed by atoms with Gasteiger partial charge in [0, 0.05) is 10.7 Å². The van der Waals surface area contributed by atoms with Crippen LogP contribution in [0.5, 0.6) is 0 Å². The zero-order chi connectivity index (χ0) is 29.1. The van der Waals surface area contributed by atoms with Crippen molar-refractivity contribution >= 4 is 23.0 Å². The largest absolute Gasteiger partial charge is 0.449 e. The Morgan fingerprint density at radius 2 is 1.46 bits per heavy atom. The smallest absolute Gasteiger partial charge is 0.407 e. The molecule has 4 atom stereocenters. The molecule has 216 valence electrons. The van der Waals surface area contributed by atoms with Crippen LogP contribution in [0.15, 0.2) is 78.9 Å². The number of rotatable bonds is 10. The minimum Gasteiger partial charge on any atom is -0.449 e. The lowest BCUT2D eigenvalue weighted by Crippen LogP contribution is -2.42. The molecule has 0 unspecified atom stereocenters. The molecule has 0 spiro atoms. The molecule has 5 rings (SSSR count). The summed E-state index contributed by atoms with van der Waals surface area (Å²) in [6.07, 6.45) is 0.428. The molecule has 41 heavy (non-hydrogen) atoms. The molecular formula is C35H41NO4S. The minimum atomic E-state index is -0.460. The SMILES string of the molecule is CC(C)C[C@H](C(=O)SC(C)(C)C)[C@H]1O[C@@H]1[C@H](Cc1ccccc1)NC(=O)OCC1c2ccccc2-c2ccccc21. The van der Waals surface area contributed by atoms with E-state index in [-0.39, 0.29) is 46.6 Å². The lowest BCUT2D eigenvalue weighted by atomic mass is 9.91. The molecular weight excluding hydrogens is 530 g/mol. The Hall–Kier alpha value is -3.09. The van der Waals surface area contributed by atoms with Gasteiger partial charge in [-0.05, 0) is 46.6 Å². The quantitative estimate of drug-likeness (QED) is 0.254. The highest BCUT2D eigenvalue weighted by molar-refractivity contribution is 8.14. The van der Waals surface area contributed by atoms with Crippen LogP contribution in [0.1, 0.15) is 63.6 Å². The van der Waals surface area contributed by atoms with Crippen LogP contribution in [-0.4, -0.2) is 40.8 Å². The Bertz CT molecular complexity index is 1320. The van der Waals surface area contributed by atoms with Crippen LogP contribution in [-0.2, 0) is 20.7 Å². The van der Waals surface area contributed by atoms with Crippen molar-refractivity contribution in [3.8, 4) is 11.1 Å². The highest BCUT2D eigenvalue weighted by Gasteiger charge is 2.52. The van der Waals surface area contributed by atoms with Crippen LogP contribution in [0.4, 0.5) is 4.79 Å². The van der Waals surface area contributed by atoms with Crippen molar-refractivity contribution < 1.29 is 19.1 Å². The number of benzene rings is 3. The Kier molecular flexibility index (Phi) is 8.91. The van der Waals surface area contributed by atoms with Gasteiger partial charge in [0.25, 0.3) is 0 Å². The van der Waals surface area contributed by atoms with E-state index in [4.69, 9.17) is 9.47 Å². The number of alkyl carbamates (subject to hydrolysis) is 1. The van der Waals surface area contributed by atoms with Crippen LogP contribution in [0, 0.1) is 11.8 Å². The zero-order valence-electron chi connectivity index (χ0n) is 24.6. The first-order valence-corrected chi connectivity index (χ1v) is 15.5. The van der Waals surface area contributed by atoms with Gasteiger partial charge in [0.2, 0.25) is 0 Å². The molecule has 1 N–H and O–H groups in total. The average molecular weight is 572 g/mol. The van der Waals surface area contributed by atoms with Gasteiger partial charge >= 0.3 is 6.09 Å². The number of hydrogen-bond acceptors (Lipinski definition) is 5. The molecule has 1 saturated heterocycles. The number of fused-ring (bicyclic) bond motifs is 3. The van der Waals surface area contributed by atoms with Gasteiger partial charge in [0.1, 0.15) is 12.7 Å². The maximum absolute atomic E-state index is 13.3. The number of epoxide rings is 1. The normalized spacial score (nSPS) is 19.3. The van der Waals surface area contributed by atoms with Gasteiger partial charge in [-0.3, -0.25) is 4.79 Å². The first-order chi connectivity index (χ1) is 19.6. The topological polar surface area (TPSA) is 67.9 Å². The summed E-state index contributed by atoms with van der Waals surface area (Å²) in [5, 5.41) is 3.29. The molecule has 1 aliphatic heterocycles. The summed E-state index contributed by atoms with van der Waals surface area (Å²) in [4.78, 5) is 26.6. The van der Waals surface area contributed by atoms with Crippen LogP contribution in [0.3, 0.4) is 0 Å². The van der Waals surface area contributed by atoms with Crippen molar-refractivity contribution in [3.05, 3.63) is 95.6 Å². The fourth-order valence-corrected chi connectivity index (χ4v) is 6.93. The van der Waals surface area contributed by atoms with E-state index in [0.717, 1.165) is 12.0 Å². The molecule has 3 aromatic carbocycles. The maximum atomic E-state index is 13.3. The van der Waals surface area contributed by atoms with Crippen molar-refractivity contribution in [2.24, 2.45) is 11.8 Å². The minimum absolute atomic E-state index is 0.00638. The molecule has 1 heterocycles. The van der Waals surface area contributed by atoms with Gasteiger partial charge in [-0.1, -0.05) is 125 Å². The molecule has 0 bridgehead atoms. The molecule has 6 heteroatoms. The third-order valence-corrected chi connectivity index (χ3v) is 8.85. The van der Waals surface area contributed by atoms with Crippen LogP contribution < -0.4 is 5.32 Å². The second kappa shape index (κ2) is 12.4. The summed E-state index contributed by atoms with van der Waals surface area (Å²) in [5.41, 5.74) is 5.85. The van der Waals surface area contributed by atoms with Gasteiger partial charge in [-0.25, -0.2) is 4.79 Å². The Balaban J connectivity index is 1.29. The summed E-state index contributed by atoms with van der Waals surface area (Å²) in [6.45, 7) is 10.7. The number of carbonyl (C=O) groups is 2. The summed E-state index contributed by atoms with van der Waals surface area (Å²) in [6, 6.07) is 26.4. The molecule has 1 amide bonds. The van der Waals surface area contributed by atoms with Crippen LogP contribution in [0.2, 0.25) is 0 Å². The van der Waals surface area contributed by atoms with E-state index in [1.165, 1.54) is 34.0 Å². The fraction of sp³-hybridized carbons (Fsp3) is 0.429. The summed E-state index contributed by atoms with van der Waals surface area (Å²) in [7, 11) is 0. The van der Waals surface area contributed by atoms with E-state index >= 15 is 0 Å². The molecule has 3 aromatic rings. The van der Waals surface area contributed by atoms with Gasteiger partial charge in [0.05, 0.1) is 18.1 Å². The van der Waals surface area contributed by atoms with E-state index in [9.17, 15) is 9.59 Å². The van der Waals surface area contributed by atoms with Gasteiger partial charge in [-0.2, -0.15) is 0 Å². The molecule has 0 aromatic heterocycles. The van der Waals surface area contributed by atoms with E-state index in [1.807, 2.05) is 42.5 Å². The third-order valence-electron chi connectivity index (χ3n) is 7.73. The zero-order valence-corrected chi connectivity index (χ0v) is 25.4. The number of ether oxygens (including phenoxy) is 2. The molecule has 0 saturated carbocycles. The Morgan fingerprint density at radius 3 is 2.05 bits per heavy atom. The van der Waals surface area contributed by atoms with E-state index in [1.54, 1.807) is 0 Å². The van der Waals surface area contributed by atoms with E-state index in [2.05, 4.69) is 76.3 Å². The van der Waals surface area contributed by atoms with Gasteiger partial charge in [-0.15, -0.1) is 0 Å². The second-order valence-corrected chi connectivity index (χ2v) is 14.4. The molecule has 1 fully saturated rings. The van der Waals surface area contributed by atoms with Crippen molar-refractivity contribution in [3.63, 3.8) is 0 Å². The molecule has 2 aliphatic rings. The van der Waals surface area contributed by atoms with Crippen molar-refractivity contribution in [2.75, 3.05) is 6.61 Å². The first-order valence-electron chi connectivity index (χ1n) is 14.6. The lowest BCUT2D eigenvalue weighted by Gasteiger charge is -2.23. The molecule has 5 nitrogen and oxygen atoms in total. The maximum Gasteiger partial charge on any atom is 0.407 e. The predicted molar refractivity (Wildman–Crippen MR) is 166 cm³/mol. The Morgan fingerprint density at radius 1 is 0.878 bits per heavy atom. The number of amides is 1. The number of nitrogens with one attached hydrogen (secondary N) is 1. The summed E-state index contributed by atoms with van der Waals surface area (Å²) < 4.78 is 11.9. The molecule has 0 radical (unpaired) electrons. The fourth-order valence-electron chi connectivity index (χ4n) is 5.94. The predicted octanol–water partition coefficient (Wildman–Crippen LogP) is 7.62. The number of hydrogen-bond donors (Lipinski definition) is 1. The molecule has 1 aliphatic carbocycles. The van der Waals surface area contributed by atoms with E-state index in [0.29, 0.717) is 12.3 Å². The number of thioether (sulfide) groups is 1. The second-order valence-electron chi connectivity index (χ2n) is 12.6. The van der Waals surface area contributed by atoms with Gasteiger partial charge < -0.3 is 14.8 Å². The van der Waals surface area contributed by atoms with Crippen molar-refractivity contribution in [1.29, 1.82) is 0 Å². The first kappa shape index (κ1) is 29.4. The summed E-state index contributed by atoms with van der Waals surface area (Å²) >= 11 is 1.39. The van der Waals surface area contributed by atoms with Crippen molar-refractivity contribution in [1.82, 2.24) is 5.32 Å². The Labute approximate surface area is 248 Å². The highest BCUT2D eigenvalue weighted by Crippen LogP contribution is 2.45. The van der Waals surface area contributed by atoms with E-state index < -0.39 is 6.09 Å². The van der Waals surface area contributed by atoms with Crippen molar-refractivity contribution in [2.45, 2.75) is 76.4 Å². The third kappa shape index (κ3) is 7.22. The highest BCUT2D eigenvalue weighted by atomic mass is 32.2. The standard InChI is InChI=1S/C35H41NO4S/c1-22(2)19-28(33(37)41-35(3,4)5)31-32(40-31)30(20-23-13-7-6-8-14-23)36-34(38)39-21-29-26-17-11-9-15-24(26)25-16-10-12-18-27(25)29/h6-18,22,28-32H,19-21H2,1-5H3,(H,36,38)/t28-,30-,31+,32+/m0/s1.